The van der Waals surface area contributed by atoms with Gasteiger partial charge in [0.15, 0.2) is 10.6 Å². The molecule has 4 nitrogen and oxygen atoms in total. The summed E-state index contributed by atoms with van der Waals surface area (Å²) in [4.78, 5) is 0. The number of nitrogens with one attached hydrogen (secondary N) is 1. The normalized spacial score (nSPS) is 10.4. The predicted molar refractivity (Wildman–Crippen MR) is 60.3 cm³/mol. The van der Waals surface area contributed by atoms with E-state index in [1.165, 1.54) is 13.2 Å². The van der Waals surface area contributed by atoms with Crippen molar-refractivity contribution < 1.29 is 9.13 Å². The molecule has 0 spiro atoms. The lowest BCUT2D eigenvalue weighted by molar-refractivity contribution is 0.411. The van der Waals surface area contributed by atoms with Gasteiger partial charge in [0.1, 0.15) is 11.6 Å². The number of hydrogen-bond donors (Lipinski definition) is 1. The maximum atomic E-state index is 13.7. The molecule has 1 N–H and O–H groups in total. The van der Waals surface area contributed by atoms with Gasteiger partial charge >= 0.3 is 0 Å². The van der Waals surface area contributed by atoms with Crippen molar-refractivity contribution in [1.29, 1.82) is 0 Å². The summed E-state index contributed by atoms with van der Waals surface area (Å²) in [5.41, 5.74) is 0.385. The molecule has 0 aliphatic heterocycles. The van der Waals surface area contributed by atoms with Crippen LogP contribution in [0.4, 0.5) is 4.39 Å². The van der Waals surface area contributed by atoms with Gasteiger partial charge in [0, 0.05) is 13.1 Å². The maximum absolute atomic E-state index is 13.7. The average Bonchev–Trinajstić information content (AvgIpc) is 2.60. The molecule has 0 unspecified atom stereocenters. The van der Waals surface area contributed by atoms with Crippen molar-refractivity contribution in [3.63, 3.8) is 0 Å². The number of halogens is 1. The Kier molecular flexibility index (Phi) is 2.74. The van der Waals surface area contributed by atoms with Gasteiger partial charge in [-0.15, -0.1) is 0 Å². The van der Waals surface area contributed by atoms with Crippen LogP contribution in [0, 0.1) is 10.6 Å². The Bertz CT molecular complexity index is 576. The van der Waals surface area contributed by atoms with Crippen molar-refractivity contribution in [2.45, 2.75) is 0 Å². The van der Waals surface area contributed by atoms with Crippen molar-refractivity contribution in [2.24, 2.45) is 7.05 Å². The topological polar surface area (TPSA) is 42.8 Å². The summed E-state index contributed by atoms with van der Waals surface area (Å²) in [6.45, 7) is 0. The number of aromatic amines is 1. The average molecular weight is 239 g/mol. The van der Waals surface area contributed by atoms with Crippen molar-refractivity contribution in [3.05, 3.63) is 28.8 Å². The molecule has 16 heavy (non-hydrogen) atoms. The molecule has 6 heteroatoms. The highest BCUT2D eigenvalue weighted by Crippen LogP contribution is 2.24. The zero-order chi connectivity index (χ0) is 11.7. The molecule has 0 saturated heterocycles. The van der Waals surface area contributed by atoms with Gasteiger partial charge < -0.3 is 9.30 Å². The number of benzene rings is 1. The molecule has 0 radical (unpaired) electrons. The molecule has 1 heterocycles. The van der Waals surface area contributed by atoms with Crippen LogP contribution in [0.5, 0.6) is 5.75 Å². The summed E-state index contributed by atoms with van der Waals surface area (Å²) in [7, 11) is 3.22. The lowest BCUT2D eigenvalue weighted by atomic mass is 10.2. The fourth-order valence-corrected chi connectivity index (χ4v) is 1.52. The summed E-state index contributed by atoms with van der Waals surface area (Å²) in [5.74, 6) is 0.541. The van der Waals surface area contributed by atoms with Crippen molar-refractivity contribution in [2.75, 3.05) is 7.11 Å². The van der Waals surface area contributed by atoms with Gasteiger partial charge in [-0.05, 0) is 24.4 Å². The maximum Gasteiger partial charge on any atom is 0.195 e. The molecule has 0 atom stereocenters. The third-order valence-corrected chi connectivity index (χ3v) is 2.66. The van der Waals surface area contributed by atoms with E-state index >= 15 is 0 Å². The van der Waals surface area contributed by atoms with Crippen LogP contribution < -0.4 is 4.74 Å². The number of rotatable bonds is 2. The van der Waals surface area contributed by atoms with E-state index in [0.29, 0.717) is 21.9 Å². The lowest BCUT2D eigenvalue weighted by Gasteiger charge is -2.04. The van der Waals surface area contributed by atoms with Gasteiger partial charge in [-0.3, -0.25) is 5.10 Å². The number of hydrogen-bond acceptors (Lipinski definition) is 3. The van der Waals surface area contributed by atoms with Crippen LogP contribution in [0.1, 0.15) is 0 Å². The third kappa shape index (κ3) is 1.71. The van der Waals surface area contributed by atoms with Crippen LogP contribution in [0.25, 0.3) is 11.4 Å². The van der Waals surface area contributed by atoms with Crippen LogP contribution in [0.15, 0.2) is 18.2 Å². The van der Waals surface area contributed by atoms with E-state index in [1.807, 2.05) is 0 Å². The fourth-order valence-electron chi connectivity index (χ4n) is 1.39. The van der Waals surface area contributed by atoms with Crippen molar-refractivity contribution >= 4 is 12.2 Å². The summed E-state index contributed by atoms with van der Waals surface area (Å²) in [5, 5.41) is 6.58. The molecular weight excluding hydrogens is 229 g/mol. The van der Waals surface area contributed by atoms with Gasteiger partial charge in [-0.2, -0.15) is 5.10 Å². The Morgan fingerprint density at radius 2 is 2.25 bits per heavy atom. The number of H-pyrrole nitrogens is 1. The third-order valence-electron chi connectivity index (χ3n) is 2.30. The first-order chi connectivity index (χ1) is 7.63. The van der Waals surface area contributed by atoms with Crippen LogP contribution in [-0.2, 0) is 7.05 Å². The Balaban J connectivity index is 2.57. The summed E-state index contributed by atoms with van der Waals surface area (Å²) in [6, 6.07) is 4.60. The molecule has 2 aromatic rings. The van der Waals surface area contributed by atoms with Crippen LogP contribution in [0.3, 0.4) is 0 Å². The number of methoxy groups -OCH3 is 1. The van der Waals surface area contributed by atoms with Crippen LogP contribution in [-0.4, -0.2) is 21.9 Å². The highest BCUT2D eigenvalue weighted by atomic mass is 32.1. The molecule has 0 aliphatic rings. The molecule has 0 amide bonds. The van der Waals surface area contributed by atoms with E-state index < -0.39 is 5.82 Å². The van der Waals surface area contributed by atoms with E-state index in [0.717, 1.165) is 0 Å². The second-order valence-electron chi connectivity index (χ2n) is 3.26. The minimum Gasteiger partial charge on any atom is -0.497 e. The first kappa shape index (κ1) is 10.8. The second kappa shape index (κ2) is 4.05. The van der Waals surface area contributed by atoms with E-state index in [2.05, 4.69) is 10.2 Å². The van der Waals surface area contributed by atoms with Gasteiger partial charge in [0.25, 0.3) is 0 Å². The fraction of sp³-hybridized carbons (Fsp3) is 0.200. The Morgan fingerprint density at radius 3 is 2.75 bits per heavy atom. The quantitative estimate of drug-likeness (QED) is 0.818. The van der Waals surface area contributed by atoms with E-state index in [4.69, 9.17) is 17.0 Å². The summed E-state index contributed by atoms with van der Waals surface area (Å²) < 4.78 is 20.7. The minimum absolute atomic E-state index is 0.385. The molecule has 1 aromatic carbocycles. The highest BCUT2D eigenvalue weighted by molar-refractivity contribution is 7.71. The van der Waals surface area contributed by atoms with Crippen molar-refractivity contribution in [1.82, 2.24) is 14.8 Å². The van der Waals surface area contributed by atoms with E-state index in [1.54, 1.807) is 23.7 Å². The SMILES string of the molecule is COc1ccc(-c2n[nH]c(=S)n2C)c(F)c1. The van der Waals surface area contributed by atoms with Gasteiger partial charge in [-0.1, -0.05) is 0 Å². The minimum atomic E-state index is -0.392. The van der Waals surface area contributed by atoms with Gasteiger partial charge in [0.05, 0.1) is 12.7 Å². The molecule has 0 saturated carbocycles. The van der Waals surface area contributed by atoms with Crippen molar-refractivity contribution in [3.8, 4) is 17.1 Å². The lowest BCUT2D eigenvalue weighted by Crippen LogP contribution is -1.95. The van der Waals surface area contributed by atoms with E-state index in [9.17, 15) is 4.39 Å². The molecule has 84 valence electrons. The molecule has 2 rings (SSSR count). The Labute approximate surface area is 96.7 Å². The first-order valence-corrected chi connectivity index (χ1v) is 4.99. The molecule has 0 bridgehead atoms. The van der Waals surface area contributed by atoms with Crippen LogP contribution >= 0.6 is 12.2 Å². The Morgan fingerprint density at radius 1 is 1.50 bits per heavy atom. The molecule has 1 aromatic heterocycles. The first-order valence-electron chi connectivity index (χ1n) is 4.59. The number of aromatic nitrogens is 3. The zero-order valence-electron chi connectivity index (χ0n) is 8.82. The second-order valence-corrected chi connectivity index (χ2v) is 3.64. The largest absolute Gasteiger partial charge is 0.497 e. The smallest absolute Gasteiger partial charge is 0.195 e. The summed E-state index contributed by atoms with van der Waals surface area (Å²) in [6.07, 6.45) is 0. The Hall–Kier alpha value is -1.69. The standard InChI is InChI=1S/C10H10FN3OS/c1-14-9(12-13-10(14)16)7-4-3-6(15-2)5-8(7)11/h3-5H,1-2H3,(H,13,16). The van der Waals surface area contributed by atoms with Gasteiger partial charge in [-0.25, -0.2) is 4.39 Å². The molecular formula is C10H10FN3OS. The van der Waals surface area contributed by atoms with Gasteiger partial charge in [0.2, 0.25) is 0 Å². The zero-order valence-corrected chi connectivity index (χ0v) is 9.64. The summed E-state index contributed by atoms with van der Waals surface area (Å²) >= 11 is 4.96. The predicted octanol–water partition coefficient (Wildman–Crippen LogP) is 2.29. The van der Waals surface area contributed by atoms with E-state index in [-0.39, 0.29) is 0 Å². The molecule has 0 fully saturated rings. The van der Waals surface area contributed by atoms with Crippen LogP contribution in [0.2, 0.25) is 0 Å². The number of ether oxygens (including phenoxy) is 1. The monoisotopic (exact) mass is 239 g/mol. The highest BCUT2D eigenvalue weighted by Gasteiger charge is 2.11. The molecule has 0 aliphatic carbocycles. The number of nitrogens with zero attached hydrogens (tertiary/aromatic N) is 2.